The van der Waals surface area contributed by atoms with Crippen molar-refractivity contribution in [3.05, 3.63) is 56.2 Å². The van der Waals surface area contributed by atoms with Gasteiger partial charge in [-0.05, 0) is 59.1 Å². The van der Waals surface area contributed by atoms with Crippen molar-refractivity contribution in [2.24, 2.45) is 4.99 Å². The van der Waals surface area contributed by atoms with Gasteiger partial charge in [0, 0.05) is 37.6 Å². The molecule has 0 spiro atoms. The van der Waals surface area contributed by atoms with Gasteiger partial charge < -0.3 is 15.5 Å². The minimum atomic E-state index is 0.0248. The standard InChI is InChI=1S/C19H25BrN4OS/c1-4-21-19(23-13-16-8-9-17(20)26-16)22-11-10-14-6-5-7-15(12-14)18(25)24(2)3/h5-9,12H,4,10-11,13H2,1-3H3,(H2,21,22,23). The van der Waals surface area contributed by atoms with Crippen molar-refractivity contribution in [1.82, 2.24) is 15.5 Å². The molecule has 1 aromatic heterocycles. The second kappa shape index (κ2) is 10.3. The number of hydrogen-bond acceptors (Lipinski definition) is 3. The summed E-state index contributed by atoms with van der Waals surface area (Å²) < 4.78 is 1.12. The Morgan fingerprint density at radius 1 is 1.23 bits per heavy atom. The maximum Gasteiger partial charge on any atom is 0.253 e. The number of carbonyl (C=O) groups excluding carboxylic acids is 1. The third-order valence-electron chi connectivity index (χ3n) is 3.65. The summed E-state index contributed by atoms with van der Waals surface area (Å²) in [5.41, 5.74) is 1.85. The van der Waals surface area contributed by atoms with Crippen LogP contribution < -0.4 is 10.6 Å². The van der Waals surface area contributed by atoms with E-state index in [1.807, 2.05) is 30.3 Å². The fraction of sp³-hybridized carbons (Fsp3) is 0.368. The number of carbonyl (C=O) groups is 1. The molecule has 0 aliphatic heterocycles. The van der Waals surface area contributed by atoms with Gasteiger partial charge in [0.1, 0.15) is 0 Å². The molecule has 140 valence electrons. The van der Waals surface area contributed by atoms with Gasteiger partial charge in [0.25, 0.3) is 5.91 Å². The molecule has 0 aliphatic rings. The summed E-state index contributed by atoms with van der Waals surface area (Å²) in [7, 11) is 3.53. The minimum Gasteiger partial charge on any atom is -0.357 e. The molecule has 0 radical (unpaired) electrons. The SMILES string of the molecule is CCNC(=NCc1ccc(Br)s1)NCCc1cccc(C(=O)N(C)C)c1. The van der Waals surface area contributed by atoms with E-state index in [-0.39, 0.29) is 5.91 Å². The van der Waals surface area contributed by atoms with Crippen molar-refractivity contribution in [3.63, 3.8) is 0 Å². The third-order valence-corrected chi connectivity index (χ3v) is 5.26. The average Bonchev–Trinajstić information content (AvgIpc) is 3.04. The van der Waals surface area contributed by atoms with Gasteiger partial charge in [-0.15, -0.1) is 11.3 Å². The molecular formula is C19H25BrN4OS. The number of nitrogens with one attached hydrogen (secondary N) is 2. The zero-order valence-electron chi connectivity index (χ0n) is 15.4. The topological polar surface area (TPSA) is 56.7 Å². The van der Waals surface area contributed by atoms with Gasteiger partial charge in [-0.2, -0.15) is 0 Å². The Balaban J connectivity index is 1.91. The second-order valence-corrected chi connectivity index (χ2v) is 8.53. The van der Waals surface area contributed by atoms with Crippen molar-refractivity contribution in [3.8, 4) is 0 Å². The Labute approximate surface area is 167 Å². The zero-order valence-corrected chi connectivity index (χ0v) is 17.8. The van der Waals surface area contributed by atoms with Gasteiger partial charge in [-0.25, -0.2) is 4.99 Å². The monoisotopic (exact) mass is 436 g/mol. The number of thiophene rings is 1. The van der Waals surface area contributed by atoms with Crippen LogP contribution in [0.15, 0.2) is 45.2 Å². The predicted octanol–water partition coefficient (Wildman–Crippen LogP) is 3.51. The van der Waals surface area contributed by atoms with Gasteiger partial charge in [-0.1, -0.05) is 12.1 Å². The van der Waals surface area contributed by atoms with E-state index >= 15 is 0 Å². The Morgan fingerprint density at radius 3 is 2.69 bits per heavy atom. The lowest BCUT2D eigenvalue weighted by Crippen LogP contribution is -2.38. The van der Waals surface area contributed by atoms with Crippen molar-refractivity contribution in [2.75, 3.05) is 27.2 Å². The van der Waals surface area contributed by atoms with Gasteiger partial charge in [0.15, 0.2) is 5.96 Å². The van der Waals surface area contributed by atoms with Crippen LogP contribution in [-0.2, 0) is 13.0 Å². The van der Waals surface area contributed by atoms with Crippen LogP contribution in [0.3, 0.4) is 0 Å². The third kappa shape index (κ3) is 6.46. The summed E-state index contributed by atoms with van der Waals surface area (Å²) >= 11 is 5.17. The van der Waals surface area contributed by atoms with E-state index < -0.39 is 0 Å². The van der Waals surface area contributed by atoms with Crippen LogP contribution in [-0.4, -0.2) is 44.0 Å². The highest BCUT2D eigenvalue weighted by Crippen LogP contribution is 2.22. The van der Waals surface area contributed by atoms with E-state index in [0.29, 0.717) is 6.54 Å². The summed E-state index contributed by atoms with van der Waals surface area (Å²) in [6.45, 7) is 4.26. The lowest BCUT2D eigenvalue weighted by Gasteiger charge is -2.13. The molecule has 5 nitrogen and oxygen atoms in total. The van der Waals surface area contributed by atoms with E-state index in [1.165, 1.54) is 4.88 Å². The van der Waals surface area contributed by atoms with E-state index in [4.69, 9.17) is 0 Å². The normalized spacial score (nSPS) is 11.3. The number of rotatable bonds is 7. The summed E-state index contributed by atoms with van der Waals surface area (Å²) in [6.07, 6.45) is 0.823. The number of amides is 1. The Bertz CT molecular complexity index is 758. The number of aliphatic imine (C=N–C) groups is 1. The van der Waals surface area contributed by atoms with E-state index in [9.17, 15) is 4.79 Å². The number of halogens is 1. The van der Waals surface area contributed by atoms with Gasteiger partial charge in [0.05, 0.1) is 10.3 Å². The highest BCUT2D eigenvalue weighted by atomic mass is 79.9. The highest BCUT2D eigenvalue weighted by Gasteiger charge is 2.08. The van der Waals surface area contributed by atoms with E-state index in [0.717, 1.165) is 40.4 Å². The van der Waals surface area contributed by atoms with Crippen LogP contribution in [0.2, 0.25) is 0 Å². The van der Waals surface area contributed by atoms with Crippen molar-refractivity contribution >= 4 is 39.1 Å². The molecule has 26 heavy (non-hydrogen) atoms. The van der Waals surface area contributed by atoms with Crippen molar-refractivity contribution in [2.45, 2.75) is 19.9 Å². The fourth-order valence-corrected chi connectivity index (χ4v) is 3.79. The summed E-state index contributed by atoms with van der Waals surface area (Å²) in [5.74, 6) is 0.828. The number of nitrogens with zero attached hydrogens (tertiary/aromatic N) is 2. The molecule has 0 bridgehead atoms. The van der Waals surface area contributed by atoms with Crippen LogP contribution in [0.1, 0.15) is 27.7 Å². The fourth-order valence-electron chi connectivity index (χ4n) is 2.38. The van der Waals surface area contributed by atoms with Gasteiger partial charge in [-0.3, -0.25) is 4.79 Å². The minimum absolute atomic E-state index is 0.0248. The van der Waals surface area contributed by atoms with Crippen molar-refractivity contribution in [1.29, 1.82) is 0 Å². The molecule has 0 aliphatic carbocycles. The van der Waals surface area contributed by atoms with Crippen molar-refractivity contribution < 1.29 is 4.79 Å². The number of benzene rings is 1. The molecule has 1 heterocycles. The second-order valence-electron chi connectivity index (χ2n) is 5.98. The molecule has 2 N–H and O–H groups in total. The van der Waals surface area contributed by atoms with E-state index in [2.05, 4.69) is 44.5 Å². The smallest absolute Gasteiger partial charge is 0.253 e. The summed E-state index contributed by atoms with van der Waals surface area (Å²) in [5, 5.41) is 6.62. The lowest BCUT2D eigenvalue weighted by atomic mass is 10.1. The molecule has 0 unspecified atom stereocenters. The average molecular weight is 437 g/mol. The predicted molar refractivity (Wildman–Crippen MR) is 113 cm³/mol. The molecule has 1 amide bonds. The lowest BCUT2D eigenvalue weighted by molar-refractivity contribution is 0.0827. The molecule has 2 aromatic rings. The van der Waals surface area contributed by atoms with E-state index in [1.54, 1.807) is 30.3 Å². The van der Waals surface area contributed by atoms with Crippen LogP contribution in [0.5, 0.6) is 0 Å². The van der Waals surface area contributed by atoms with Crippen LogP contribution in [0.25, 0.3) is 0 Å². The summed E-state index contributed by atoms with van der Waals surface area (Å²) in [4.78, 5) is 19.5. The molecule has 0 saturated heterocycles. The van der Waals surface area contributed by atoms with Crippen LogP contribution in [0.4, 0.5) is 0 Å². The zero-order chi connectivity index (χ0) is 18.9. The largest absolute Gasteiger partial charge is 0.357 e. The maximum absolute atomic E-state index is 12.1. The molecule has 0 saturated carbocycles. The highest BCUT2D eigenvalue weighted by molar-refractivity contribution is 9.11. The molecule has 2 rings (SSSR count). The number of guanidine groups is 1. The Hall–Kier alpha value is -1.86. The molecule has 1 aromatic carbocycles. The first-order valence-electron chi connectivity index (χ1n) is 8.56. The Morgan fingerprint density at radius 2 is 2.04 bits per heavy atom. The first-order chi connectivity index (χ1) is 12.5. The molecule has 0 atom stereocenters. The van der Waals surface area contributed by atoms with Gasteiger partial charge >= 0.3 is 0 Å². The Kier molecular flexibility index (Phi) is 8.12. The van der Waals surface area contributed by atoms with Crippen LogP contribution >= 0.6 is 27.3 Å². The quantitative estimate of drug-likeness (QED) is 0.515. The molecular weight excluding hydrogens is 412 g/mol. The maximum atomic E-state index is 12.1. The van der Waals surface area contributed by atoms with Gasteiger partial charge in [0.2, 0.25) is 0 Å². The van der Waals surface area contributed by atoms with Crippen LogP contribution in [0, 0.1) is 0 Å². The first kappa shape index (κ1) is 20.5. The summed E-state index contributed by atoms with van der Waals surface area (Å²) in [6, 6.07) is 11.9. The molecule has 0 fully saturated rings. The first-order valence-corrected chi connectivity index (χ1v) is 10.2. The number of hydrogen-bond donors (Lipinski definition) is 2. The molecule has 7 heteroatoms.